The van der Waals surface area contributed by atoms with Gasteiger partial charge in [0.15, 0.2) is 6.61 Å². The summed E-state index contributed by atoms with van der Waals surface area (Å²) in [6.07, 6.45) is 0. The Morgan fingerprint density at radius 3 is 2.54 bits per heavy atom. The number of carbonyl (C=O) groups is 2. The summed E-state index contributed by atoms with van der Waals surface area (Å²) in [4.78, 5) is 38.6. The molecule has 2 N–H and O–H groups in total. The van der Waals surface area contributed by atoms with Crippen LogP contribution in [0, 0.1) is 0 Å². The van der Waals surface area contributed by atoms with Gasteiger partial charge in [-0.15, -0.1) is 0 Å². The van der Waals surface area contributed by atoms with E-state index in [0.29, 0.717) is 22.3 Å². The smallest absolute Gasteiger partial charge is 0.339 e. The van der Waals surface area contributed by atoms with Crippen LogP contribution >= 0.6 is 0 Å². The van der Waals surface area contributed by atoms with Crippen LogP contribution in [0.4, 0.5) is 5.69 Å². The lowest BCUT2D eigenvalue weighted by molar-refractivity contribution is -0.119. The molecule has 0 saturated carbocycles. The fourth-order valence-electron chi connectivity index (χ4n) is 2.45. The van der Waals surface area contributed by atoms with E-state index >= 15 is 0 Å². The first-order valence-electron chi connectivity index (χ1n) is 7.80. The molecule has 0 aliphatic rings. The summed E-state index contributed by atoms with van der Waals surface area (Å²) in [6.45, 7) is -0.466. The third-order valence-electron chi connectivity index (χ3n) is 3.68. The van der Waals surface area contributed by atoms with Crippen LogP contribution in [-0.4, -0.2) is 30.6 Å². The number of esters is 1. The second kappa shape index (κ2) is 7.52. The van der Waals surface area contributed by atoms with E-state index in [0.717, 1.165) is 6.07 Å². The van der Waals surface area contributed by atoms with Crippen LogP contribution in [0.5, 0.6) is 5.75 Å². The van der Waals surface area contributed by atoms with E-state index in [2.05, 4.69) is 10.3 Å². The summed E-state index contributed by atoms with van der Waals surface area (Å²) in [6, 6.07) is 14.8. The molecule has 26 heavy (non-hydrogen) atoms. The number of pyridine rings is 1. The number of aromatic nitrogens is 1. The summed E-state index contributed by atoms with van der Waals surface area (Å²) in [5.74, 6) is -0.564. The summed E-state index contributed by atoms with van der Waals surface area (Å²) in [5.41, 5.74) is 0.767. The number of nitrogens with one attached hydrogen (secondary N) is 2. The first kappa shape index (κ1) is 17.2. The number of rotatable bonds is 5. The van der Waals surface area contributed by atoms with Crippen molar-refractivity contribution in [2.45, 2.75) is 0 Å². The highest BCUT2D eigenvalue weighted by Gasteiger charge is 2.15. The second-order valence-corrected chi connectivity index (χ2v) is 5.45. The number of amides is 1. The molecule has 1 amide bonds. The lowest BCUT2D eigenvalue weighted by Crippen LogP contribution is -2.21. The molecule has 3 aromatic rings. The summed E-state index contributed by atoms with van der Waals surface area (Å²) in [5, 5.41) is 3.16. The number of para-hydroxylation sites is 1. The normalized spacial score (nSPS) is 10.3. The Kier molecular flexibility index (Phi) is 4.98. The summed E-state index contributed by atoms with van der Waals surface area (Å²) < 4.78 is 10.1. The number of H-pyrrole nitrogens is 1. The van der Waals surface area contributed by atoms with Gasteiger partial charge in [-0.3, -0.25) is 9.59 Å². The molecule has 2 aromatic carbocycles. The van der Waals surface area contributed by atoms with E-state index in [-0.39, 0.29) is 5.56 Å². The summed E-state index contributed by atoms with van der Waals surface area (Å²) >= 11 is 0. The van der Waals surface area contributed by atoms with Crippen molar-refractivity contribution in [1.82, 2.24) is 4.98 Å². The highest BCUT2D eigenvalue weighted by Crippen LogP contribution is 2.16. The van der Waals surface area contributed by atoms with Crippen LogP contribution in [0.2, 0.25) is 0 Å². The molecule has 7 heteroatoms. The first-order chi connectivity index (χ1) is 12.6. The molecule has 0 unspecified atom stereocenters. The third kappa shape index (κ3) is 3.89. The zero-order valence-corrected chi connectivity index (χ0v) is 13.9. The maximum absolute atomic E-state index is 12.3. The van der Waals surface area contributed by atoms with Gasteiger partial charge < -0.3 is 19.8 Å². The third-order valence-corrected chi connectivity index (χ3v) is 3.68. The SMILES string of the molecule is COc1ccc(NC(=O)COC(=O)c2cc(=O)[nH]c3ccccc23)cc1. The van der Waals surface area contributed by atoms with Crippen molar-refractivity contribution in [2.24, 2.45) is 0 Å². The molecule has 132 valence electrons. The highest BCUT2D eigenvalue weighted by atomic mass is 16.5. The average molecular weight is 352 g/mol. The number of ether oxygens (including phenoxy) is 2. The molecule has 1 aromatic heterocycles. The number of aromatic amines is 1. The fraction of sp³-hybridized carbons (Fsp3) is 0.105. The van der Waals surface area contributed by atoms with Crippen LogP contribution in [0.1, 0.15) is 10.4 Å². The molecule has 0 aliphatic heterocycles. The number of hydrogen-bond acceptors (Lipinski definition) is 5. The van der Waals surface area contributed by atoms with Crippen molar-refractivity contribution in [3.63, 3.8) is 0 Å². The van der Waals surface area contributed by atoms with Gasteiger partial charge >= 0.3 is 5.97 Å². The molecule has 3 rings (SSSR count). The van der Waals surface area contributed by atoms with Crippen molar-refractivity contribution in [1.29, 1.82) is 0 Å². The Morgan fingerprint density at radius 2 is 1.81 bits per heavy atom. The van der Waals surface area contributed by atoms with Gasteiger partial charge in [-0.1, -0.05) is 18.2 Å². The predicted octanol–water partition coefficient (Wildman–Crippen LogP) is 2.33. The molecule has 0 aliphatic carbocycles. The molecule has 0 saturated heterocycles. The Labute approximate surface area is 148 Å². The Bertz CT molecular complexity index is 1010. The van der Waals surface area contributed by atoms with Gasteiger partial charge in [0.05, 0.1) is 12.7 Å². The lowest BCUT2D eigenvalue weighted by Gasteiger charge is -2.08. The standard InChI is InChI=1S/C19H16N2O5/c1-25-13-8-6-12(7-9-13)20-18(23)11-26-19(24)15-10-17(22)21-16-5-3-2-4-14(15)16/h2-10H,11H2,1H3,(H,20,23)(H,21,22). The number of methoxy groups -OCH3 is 1. The average Bonchev–Trinajstić information content (AvgIpc) is 2.66. The van der Waals surface area contributed by atoms with Crippen LogP contribution < -0.4 is 15.6 Å². The molecule has 0 bridgehead atoms. The Balaban J connectivity index is 1.67. The zero-order valence-electron chi connectivity index (χ0n) is 13.9. The van der Waals surface area contributed by atoms with Crippen molar-refractivity contribution in [3.8, 4) is 5.75 Å². The molecule has 0 atom stereocenters. The number of hydrogen-bond donors (Lipinski definition) is 2. The van der Waals surface area contributed by atoms with Crippen LogP contribution in [0.25, 0.3) is 10.9 Å². The minimum atomic E-state index is -0.739. The van der Waals surface area contributed by atoms with Crippen LogP contribution in [0.15, 0.2) is 59.4 Å². The fourth-order valence-corrected chi connectivity index (χ4v) is 2.45. The van der Waals surface area contributed by atoms with Crippen molar-refractivity contribution < 1.29 is 19.1 Å². The maximum Gasteiger partial charge on any atom is 0.339 e. The largest absolute Gasteiger partial charge is 0.497 e. The second-order valence-electron chi connectivity index (χ2n) is 5.45. The van der Waals surface area contributed by atoms with Gasteiger partial charge in [-0.05, 0) is 30.3 Å². The van der Waals surface area contributed by atoms with E-state index in [1.165, 1.54) is 0 Å². The summed E-state index contributed by atoms with van der Waals surface area (Å²) in [7, 11) is 1.55. The van der Waals surface area contributed by atoms with E-state index < -0.39 is 24.0 Å². The Morgan fingerprint density at radius 1 is 1.08 bits per heavy atom. The van der Waals surface area contributed by atoms with Crippen molar-refractivity contribution in [2.75, 3.05) is 19.0 Å². The number of benzene rings is 2. The van der Waals surface area contributed by atoms with Crippen molar-refractivity contribution >= 4 is 28.5 Å². The molecule has 7 nitrogen and oxygen atoms in total. The number of fused-ring (bicyclic) bond motifs is 1. The zero-order chi connectivity index (χ0) is 18.5. The first-order valence-corrected chi connectivity index (χ1v) is 7.80. The minimum Gasteiger partial charge on any atom is -0.497 e. The van der Waals surface area contributed by atoms with Gasteiger partial charge in [-0.2, -0.15) is 0 Å². The highest BCUT2D eigenvalue weighted by molar-refractivity contribution is 6.04. The number of carbonyl (C=O) groups excluding carboxylic acids is 2. The topological polar surface area (TPSA) is 97.5 Å². The van der Waals surface area contributed by atoms with Crippen LogP contribution in [-0.2, 0) is 9.53 Å². The maximum atomic E-state index is 12.3. The monoisotopic (exact) mass is 352 g/mol. The van der Waals surface area contributed by atoms with Gasteiger partial charge in [0, 0.05) is 22.7 Å². The Hall–Kier alpha value is -3.61. The number of anilines is 1. The lowest BCUT2D eigenvalue weighted by atomic mass is 10.1. The van der Waals surface area contributed by atoms with Gasteiger partial charge in [-0.25, -0.2) is 4.79 Å². The molecule has 0 fully saturated rings. The van der Waals surface area contributed by atoms with Gasteiger partial charge in [0.2, 0.25) is 5.56 Å². The van der Waals surface area contributed by atoms with E-state index in [9.17, 15) is 14.4 Å². The van der Waals surface area contributed by atoms with E-state index in [1.807, 2.05) is 0 Å². The predicted molar refractivity (Wildman–Crippen MR) is 96.5 cm³/mol. The van der Waals surface area contributed by atoms with Crippen LogP contribution in [0.3, 0.4) is 0 Å². The van der Waals surface area contributed by atoms with Crippen molar-refractivity contribution in [3.05, 3.63) is 70.5 Å². The van der Waals surface area contributed by atoms with E-state index in [1.54, 1.807) is 55.6 Å². The molecular weight excluding hydrogens is 336 g/mol. The minimum absolute atomic E-state index is 0.113. The van der Waals surface area contributed by atoms with Gasteiger partial charge in [0.1, 0.15) is 5.75 Å². The molecule has 0 radical (unpaired) electrons. The quantitative estimate of drug-likeness (QED) is 0.687. The molecular formula is C19H16N2O5. The van der Waals surface area contributed by atoms with Gasteiger partial charge in [0.25, 0.3) is 5.91 Å². The molecule has 1 heterocycles. The van der Waals surface area contributed by atoms with E-state index in [4.69, 9.17) is 9.47 Å². The molecule has 0 spiro atoms.